The summed E-state index contributed by atoms with van der Waals surface area (Å²) in [6, 6.07) is 1.45. The van der Waals surface area contributed by atoms with Gasteiger partial charge in [0.15, 0.2) is 6.23 Å². The molecule has 0 saturated carbocycles. The van der Waals surface area contributed by atoms with Gasteiger partial charge in [0.05, 0.1) is 6.61 Å². The maximum absolute atomic E-state index is 12.9. The lowest BCUT2D eigenvalue weighted by atomic mass is 9.95. The van der Waals surface area contributed by atoms with Crippen LogP contribution in [0, 0.1) is 5.92 Å². The molecule has 13 nitrogen and oxygen atoms in total. The lowest BCUT2D eigenvalue weighted by molar-refractivity contribution is -0.145. The number of hydrogen-bond acceptors (Lipinski definition) is 10. The molecule has 0 aliphatic carbocycles. The second-order valence-corrected chi connectivity index (χ2v) is 11.8. The summed E-state index contributed by atoms with van der Waals surface area (Å²) in [6.45, 7) is 8.52. The number of ether oxygens (including phenoxy) is 1. The quantitative estimate of drug-likeness (QED) is 0.237. The van der Waals surface area contributed by atoms with E-state index >= 15 is 0 Å². The van der Waals surface area contributed by atoms with Crippen molar-refractivity contribution in [3.8, 4) is 0 Å². The molecule has 1 radical (unpaired) electrons. The first-order chi connectivity index (χ1) is 17.9. The highest BCUT2D eigenvalue weighted by Crippen LogP contribution is 2.62. The number of aliphatic carboxylic acids is 1. The van der Waals surface area contributed by atoms with E-state index in [0.717, 1.165) is 30.3 Å². The van der Waals surface area contributed by atoms with Crippen molar-refractivity contribution < 1.29 is 38.5 Å². The predicted octanol–water partition coefficient (Wildman–Crippen LogP) is 2.36. The number of carbonyl (C=O) groups is 2. The zero-order valence-corrected chi connectivity index (χ0v) is 23.4. The zero-order chi connectivity index (χ0) is 28.3. The first-order valence-corrected chi connectivity index (χ1v) is 14.7. The van der Waals surface area contributed by atoms with Gasteiger partial charge in [-0.1, -0.05) is 40.5 Å². The molecule has 2 saturated heterocycles. The predicted molar refractivity (Wildman–Crippen MR) is 139 cm³/mol. The van der Waals surface area contributed by atoms with Gasteiger partial charge in [-0.3, -0.25) is 18.7 Å². The van der Waals surface area contributed by atoms with Crippen molar-refractivity contribution in [2.24, 2.45) is 5.92 Å². The number of fused-ring (bicyclic) bond motifs is 1. The molecule has 5 N–H and O–H groups in total. The van der Waals surface area contributed by atoms with Gasteiger partial charge < -0.3 is 29.7 Å². The zero-order valence-electron chi connectivity index (χ0n) is 22.5. The average molecular weight is 560 g/mol. The van der Waals surface area contributed by atoms with Gasteiger partial charge in [-0.05, 0) is 38.7 Å². The summed E-state index contributed by atoms with van der Waals surface area (Å²) in [5.74, 6) is -1.45. The Bertz CT molecular complexity index is 1060. The number of nitrogens with zero attached hydrogens (tertiary/aromatic N) is 2. The molecule has 2 fully saturated rings. The standard InChI is InChI=1S/C24H40N4O9P/c1-6-10-15(11-7-2)19(29)25-17-12-13-28(22(32)26-17)20-23(5,33)18-16(36-20)14-35-38(34,37-18)27-24(8-3,9-4)21(30)31/h12-13,15-16,18,20,27,33-34H,6-11,14H2,1-5H3,(H,30,31)(H,25,26,29,32)/t16-,18-,20-,23-/m1/s1. The van der Waals surface area contributed by atoms with Crippen molar-refractivity contribution in [2.75, 3.05) is 11.9 Å². The fourth-order valence-corrected chi connectivity index (χ4v) is 7.12. The molecular weight excluding hydrogens is 519 g/mol. The van der Waals surface area contributed by atoms with Crippen molar-refractivity contribution in [3.05, 3.63) is 22.7 Å². The second kappa shape index (κ2) is 12.0. The van der Waals surface area contributed by atoms with E-state index < -0.39 is 49.3 Å². The molecule has 0 spiro atoms. The van der Waals surface area contributed by atoms with Crippen LogP contribution in [0.3, 0.4) is 0 Å². The van der Waals surface area contributed by atoms with Crippen LogP contribution in [0.4, 0.5) is 5.82 Å². The van der Waals surface area contributed by atoms with Crippen LogP contribution in [0.5, 0.6) is 0 Å². The van der Waals surface area contributed by atoms with E-state index in [1.807, 2.05) is 13.8 Å². The molecule has 0 aromatic carbocycles. The Kier molecular flexibility index (Phi) is 9.67. The van der Waals surface area contributed by atoms with E-state index in [2.05, 4.69) is 15.4 Å². The van der Waals surface area contributed by atoms with Crippen LogP contribution in [0.2, 0.25) is 0 Å². The Hall–Kier alpha value is -1.99. The molecule has 1 amide bonds. The maximum atomic E-state index is 12.9. The van der Waals surface area contributed by atoms with Crippen molar-refractivity contribution in [1.29, 1.82) is 0 Å². The Morgan fingerprint density at radius 2 is 1.89 bits per heavy atom. The number of amides is 1. The highest BCUT2D eigenvalue weighted by molar-refractivity contribution is 7.58. The molecule has 2 aliphatic heterocycles. The number of nitrogens with one attached hydrogen (secondary N) is 2. The second-order valence-electron chi connectivity index (χ2n) is 10.1. The van der Waals surface area contributed by atoms with E-state index in [1.165, 1.54) is 19.2 Å². The van der Waals surface area contributed by atoms with E-state index in [0.29, 0.717) is 0 Å². The van der Waals surface area contributed by atoms with Crippen molar-refractivity contribution >= 4 is 25.8 Å². The number of aliphatic hydroxyl groups is 1. The minimum atomic E-state index is -3.92. The number of aromatic nitrogens is 2. The van der Waals surface area contributed by atoms with Gasteiger partial charge in [-0.15, -0.1) is 0 Å². The molecule has 14 heteroatoms. The Morgan fingerprint density at radius 3 is 2.42 bits per heavy atom. The minimum absolute atomic E-state index is 0.0942. The van der Waals surface area contributed by atoms with E-state index in [9.17, 15) is 29.5 Å². The van der Waals surface area contributed by atoms with Gasteiger partial charge >= 0.3 is 19.8 Å². The van der Waals surface area contributed by atoms with Crippen LogP contribution in [0.1, 0.15) is 79.4 Å². The molecule has 1 unspecified atom stereocenters. The summed E-state index contributed by atoms with van der Waals surface area (Å²) in [5.41, 5.74) is -4.08. The lowest BCUT2D eigenvalue weighted by Crippen LogP contribution is -2.55. The number of carbonyl (C=O) groups excluding carboxylic acids is 1. The van der Waals surface area contributed by atoms with Crippen LogP contribution >= 0.6 is 8.09 Å². The van der Waals surface area contributed by atoms with Gasteiger partial charge in [0, 0.05) is 12.1 Å². The summed E-state index contributed by atoms with van der Waals surface area (Å²) in [6.07, 6.45) is 1.61. The fourth-order valence-electron chi connectivity index (χ4n) is 4.98. The van der Waals surface area contributed by atoms with Crippen LogP contribution < -0.4 is 16.1 Å². The molecule has 2 aliphatic rings. The molecule has 1 aromatic rings. The first-order valence-electron chi connectivity index (χ1n) is 13.1. The van der Waals surface area contributed by atoms with Crippen molar-refractivity contribution in [1.82, 2.24) is 14.6 Å². The van der Waals surface area contributed by atoms with Crippen LogP contribution in [-0.4, -0.2) is 66.5 Å². The number of rotatable bonds is 12. The summed E-state index contributed by atoms with van der Waals surface area (Å²) < 4.78 is 18.2. The fraction of sp³-hybridized carbons (Fsp3) is 0.750. The third-order valence-corrected chi connectivity index (χ3v) is 9.06. The summed E-state index contributed by atoms with van der Waals surface area (Å²) >= 11 is 0. The van der Waals surface area contributed by atoms with Crippen molar-refractivity contribution in [2.45, 2.75) is 103 Å². The highest BCUT2D eigenvalue weighted by atomic mass is 31.2. The molecule has 215 valence electrons. The Labute approximate surface area is 222 Å². The van der Waals surface area contributed by atoms with Crippen LogP contribution in [0.15, 0.2) is 17.1 Å². The maximum Gasteiger partial charge on any atom is 0.351 e. The largest absolute Gasteiger partial charge is 0.480 e. The summed E-state index contributed by atoms with van der Waals surface area (Å²) in [5, 5.41) is 26.5. The van der Waals surface area contributed by atoms with Gasteiger partial charge in [0.25, 0.3) is 0 Å². The Balaban J connectivity index is 1.79. The van der Waals surface area contributed by atoms with Crippen LogP contribution in [-0.2, 0) is 23.4 Å². The molecule has 38 heavy (non-hydrogen) atoms. The van der Waals surface area contributed by atoms with E-state index in [4.69, 9.17) is 13.8 Å². The number of hydrogen-bond donors (Lipinski definition) is 5. The molecule has 3 heterocycles. The minimum Gasteiger partial charge on any atom is -0.480 e. The van der Waals surface area contributed by atoms with Crippen LogP contribution in [0.25, 0.3) is 0 Å². The van der Waals surface area contributed by atoms with Gasteiger partial charge in [0.1, 0.15) is 29.2 Å². The molecule has 3 rings (SSSR count). The monoisotopic (exact) mass is 559 g/mol. The topological polar surface area (TPSA) is 181 Å². The van der Waals surface area contributed by atoms with E-state index in [-0.39, 0.29) is 37.1 Å². The lowest BCUT2D eigenvalue weighted by Gasteiger charge is -2.44. The average Bonchev–Trinajstić information content (AvgIpc) is 3.11. The molecular formula is C24H40N4O9P. The van der Waals surface area contributed by atoms with Gasteiger partial charge in [0.2, 0.25) is 5.91 Å². The molecule has 5 atom stereocenters. The summed E-state index contributed by atoms with van der Waals surface area (Å²) in [7, 11) is -3.92. The summed E-state index contributed by atoms with van der Waals surface area (Å²) in [4.78, 5) is 52.5. The number of carboxylic acids is 1. The SMILES string of the molecule is CCCC(CCC)C(=O)Nc1ccn([C@@H]2O[C@@H]3CO[P](O)(NC(CC)(CC)C(=O)O)O[C@H]3[C@@]2(C)O)c(=O)n1. The normalized spacial score (nSPS) is 29.3. The molecule has 1 aromatic heterocycles. The van der Waals surface area contributed by atoms with Gasteiger partial charge in [-0.2, -0.15) is 4.98 Å². The van der Waals surface area contributed by atoms with E-state index in [1.54, 1.807) is 13.8 Å². The smallest absolute Gasteiger partial charge is 0.351 e. The third kappa shape index (κ3) is 6.09. The Morgan fingerprint density at radius 1 is 1.26 bits per heavy atom. The molecule has 0 bridgehead atoms. The van der Waals surface area contributed by atoms with Gasteiger partial charge in [-0.25, -0.2) is 9.88 Å². The highest BCUT2D eigenvalue weighted by Gasteiger charge is 2.61. The van der Waals surface area contributed by atoms with Crippen molar-refractivity contribution in [3.63, 3.8) is 0 Å². The first kappa shape index (κ1) is 30.6. The number of anilines is 1. The third-order valence-electron chi connectivity index (χ3n) is 7.34. The number of carboxylic acid groups (broad SMARTS) is 1.